The molecule has 0 radical (unpaired) electrons. The zero-order chi connectivity index (χ0) is 22.9. The van der Waals surface area contributed by atoms with Crippen LogP contribution in [0.25, 0.3) is 0 Å². The van der Waals surface area contributed by atoms with E-state index in [2.05, 4.69) is 24.2 Å². The number of carbonyl (C=O) groups excluding carboxylic acids is 2. The molecule has 2 aromatic rings. The summed E-state index contributed by atoms with van der Waals surface area (Å²) in [5.41, 5.74) is 0.923. The number of rotatable bonds is 12. The van der Waals surface area contributed by atoms with E-state index in [-0.39, 0.29) is 23.6 Å². The topological polar surface area (TPSA) is 55.7 Å². The fraction of sp³-hybridized carbons (Fsp3) is 0.444. The first-order chi connectivity index (χ1) is 15.5. The number of oxime groups is 1. The molecule has 0 heterocycles. The highest BCUT2D eigenvalue weighted by molar-refractivity contribution is 7.99. The molecule has 1 aliphatic carbocycles. The summed E-state index contributed by atoms with van der Waals surface area (Å²) in [7, 11) is 0. The highest BCUT2D eigenvalue weighted by Crippen LogP contribution is 2.34. The average molecular weight is 452 g/mol. The summed E-state index contributed by atoms with van der Waals surface area (Å²) in [5.74, 6) is -0.0307. The minimum atomic E-state index is -0.329. The van der Waals surface area contributed by atoms with Crippen LogP contribution in [0.15, 0.2) is 69.5 Å². The lowest BCUT2D eigenvalue weighted by Gasteiger charge is -2.17. The van der Waals surface area contributed by atoms with Crippen LogP contribution in [0.3, 0.4) is 0 Å². The van der Waals surface area contributed by atoms with Gasteiger partial charge in [0.05, 0.1) is 5.92 Å². The van der Waals surface area contributed by atoms with Gasteiger partial charge in [-0.3, -0.25) is 4.79 Å². The number of unbranched alkanes of at least 4 members (excludes halogenated alkanes) is 1. The highest BCUT2D eigenvalue weighted by atomic mass is 32.2. The summed E-state index contributed by atoms with van der Waals surface area (Å²) in [4.78, 5) is 33.3. The predicted octanol–water partition coefficient (Wildman–Crippen LogP) is 7.18. The molecule has 0 N–H and O–H groups in total. The van der Waals surface area contributed by atoms with Gasteiger partial charge in [0.2, 0.25) is 5.78 Å². The number of ketones is 1. The van der Waals surface area contributed by atoms with Crippen molar-refractivity contribution in [3.8, 4) is 0 Å². The van der Waals surface area contributed by atoms with Crippen LogP contribution in [0, 0.1) is 17.8 Å². The predicted molar refractivity (Wildman–Crippen MR) is 130 cm³/mol. The van der Waals surface area contributed by atoms with Crippen molar-refractivity contribution in [1.82, 2.24) is 0 Å². The van der Waals surface area contributed by atoms with Crippen LogP contribution in [0.5, 0.6) is 0 Å². The van der Waals surface area contributed by atoms with Crippen molar-refractivity contribution in [1.29, 1.82) is 0 Å². The van der Waals surface area contributed by atoms with Crippen molar-refractivity contribution in [2.75, 3.05) is 0 Å². The third kappa shape index (κ3) is 7.33. The Kier molecular flexibility index (Phi) is 9.10. The van der Waals surface area contributed by atoms with Crippen LogP contribution in [0.4, 0.5) is 0 Å². The van der Waals surface area contributed by atoms with Gasteiger partial charge in [-0.2, -0.15) is 0 Å². The van der Waals surface area contributed by atoms with E-state index in [1.54, 1.807) is 11.8 Å². The molecule has 4 nitrogen and oxygen atoms in total. The normalized spacial score (nSPS) is 14.9. The van der Waals surface area contributed by atoms with Crippen LogP contribution in [-0.4, -0.2) is 17.5 Å². The molecule has 0 bridgehead atoms. The van der Waals surface area contributed by atoms with E-state index in [1.807, 2.05) is 56.3 Å². The molecule has 170 valence electrons. The second-order valence-electron chi connectivity index (χ2n) is 8.86. The Morgan fingerprint density at radius 3 is 2.28 bits per heavy atom. The van der Waals surface area contributed by atoms with Gasteiger partial charge in [-0.15, -0.1) is 0 Å². The van der Waals surface area contributed by atoms with E-state index < -0.39 is 0 Å². The van der Waals surface area contributed by atoms with Crippen LogP contribution in [0.2, 0.25) is 0 Å². The zero-order valence-electron chi connectivity index (χ0n) is 19.3. The fourth-order valence-corrected chi connectivity index (χ4v) is 4.39. The van der Waals surface area contributed by atoms with Crippen molar-refractivity contribution in [2.24, 2.45) is 22.9 Å². The Morgan fingerprint density at radius 2 is 1.69 bits per heavy atom. The fourth-order valence-electron chi connectivity index (χ4n) is 3.55. The largest absolute Gasteiger partial charge is 0.338 e. The first-order valence-electron chi connectivity index (χ1n) is 11.6. The van der Waals surface area contributed by atoms with Gasteiger partial charge in [0.15, 0.2) is 0 Å². The van der Waals surface area contributed by atoms with E-state index in [1.165, 1.54) is 0 Å². The lowest BCUT2D eigenvalue weighted by atomic mass is 9.91. The Labute approximate surface area is 195 Å². The SMILES string of the molecule is CCCCC(C(=O)O/N=C(\CC1CC1)C(=O)c1ccc(Sc2ccccc2)cc1)C(C)C. The second-order valence-corrected chi connectivity index (χ2v) is 10.0. The first kappa shape index (κ1) is 24.2. The molecule has 3 rings (SSSR count). The van der Waals surface area contributed by atoms with Crippen molar-refractivity contribution in [2.45, 2.75) is 69.1 Å². The Hall–Kier alpha value is -2.40. The van der Waals surface area contributed by atoms with Gasteiger partial charge in [-0.1, -0.05) is 68.7 Å². The Morgan fingerprint density at radius 1 is 1.03 bits per heavy atom. The molecule has 0 aromatic heterocycles. The van der Waals surface area contributed by atoms with Crippen molar-refractivity contribution < 1.29 is 14.4 Å². The van der Waals surface area contributed by atoms with E-state index in [9.17, 15) is 9.59 Å². The Balaban J connectivity index is 1.69. The minimum absolute atomic E-state index is 0.157. The molecule has 0 saturated heterocycles. The van der Waals surface area contributed by atoms with Gasteiger partial charge in [-0.25, -0.2) is 4.79 Å². The molecule has 0 amide bonds. The maximum absolute atomic E-state index is 13.1. The number of carbonyl (C=O) groups is 2. The smallest absolute Gasteiger partial charge is 0.318 e. The number of hydrogen-bond donors (Lipinski definition) is 0. The monoisotopic (exact) mass is 451 g/mol. The molecule has 1 fully saturated rings. The van der Waals surface area contributed by atoms with E-state index in [0.717, 1.165) is 41.9 Å². The summed E-state index contributed by atoms with van der Waals surface area (Å²) >= 11 is 1.65. The zero-order valence-corrected chi connectivity index (χ0v) is 20.1. The van der Waals surface area contributed by atoms with Gasteiger partial charge >= 0.3 is 5.97 Å². The van der Waals surface area contributed by atoms with Crippen molar-refractivity contribution in [3.05, 3.63) is 60.2 Å². The standard InChI is InChI=1S/C27H33NO3S/c1-4-5-11-24(19(2)3)27(30)31-28-25(18-20-12-13-20)26(29)21-14-16-23(17-15-21)32-22-9-7-6-8-10-22/h6-10,14-17,19-20,24H,4-5,11-13,18H2,1-3H3/b28-25+. The van der Waals surface area contributed by atoms with Crippen LogP contribution >= 0.6 is 11.8 Å². The Bertz CT molecular complexity index is 918. The van der Waals surface area contributed by atoms with Gasteiger partial charge in [0.25, 0.3) is 0 Å². The van der Waals surface area contributed by atoms with Gasteiger partial charge < -0.3 is 4.84 Å². The summed E-state index contributed by atoms with van der Waals surface area (Å²) in [6, 6.07) is 17.7. The number of nitrogens with zero attached hydrogens (tertiary/aromatic N) is 1. The molecule has 2 aromatic carbocycles. The molecule has 1 atom stereocenters. The molecule has 1 aliphatic rings. The van der Waals surface area contributed by atoms with Gasteiger partial charge in [0, 0.05) is 15.4 Å². The number of benzene rings is 2. The number of Topliss-reactive ketones (excluding diaryl/α,β-unsaturated/α-hetero) is 1. The lowest BCUT2D eigenvalue weighted by molar-refractivity contribution is -0.150. The third-order valence-corrected chi connectivity index (χ3v) is 6.77. The summed E-state index contributed by atoms with van der Waals surface area (Å²) in [6.45, 7) is 6.16. The van der Waals surface area contributed by atoms with Crippen LogP contribution < -0.4 is 0 Å². The maximum Gasteiger partial charge on any atom is 0.338 e. The number of hydrogen-bond acceptors (Lipinski definition) is 5. The van der Waals surface area contributed by atoms with Crippen LogP contribution in [0.1, 0.15) is 69.7 Å². The molecule has 1 unspecified atom stereocenters. The average Bonchev–Trinajstić information content (AvgIpc) is 3.61. The van der Waals surface area contributed by atoms with Crippen LogP contribution in [-0.2, 0) is 9.63 Å². The summed E-state index contributed by atoms with van der Waals surface area (Å²) in [6.07, 6.45) is 5.55. The summed E-state index contributed by atoms with van der Waals surface area (Å²) in [5, 5.41) is 4.09. The molecule has 32 heavy (non-hydrogen) atoms. The quantitative estimate of drug-likeness (QED) is 0.148. The van der Waals surface area contributed by atoms with Gasteiger partial charge in [0.1, 0.15) is 5.71 Å². The third-order valence-electron chi connectivity index (χ3n) is 5.76. The molecule has 5 heteroatoms. The van der Waals surface area contributed by atoms with Gasteiger partial charge in [-0.05, 0) is 73.9 Å². The highest BCUT2D eigenvalue weighted by Gasteiger charge is 2.29. The maximum atomic E-state index is 13.1. The molecular formula is C27H33NO3S. The van der Waals surface area contributed by atoms with Crippen molar-refractivity contribution in [3.63, 3.8) is 0 Å². The van der Waals surface area contributed by atoms with E-state index in [4.69, 9.17) is 4.84 Å². The summed E-state index contributed by atoms with van der Waals surface area (Å²) < 4.78 is 0. The lowest BCUT2D eigenvalue weighted by Crippen LogP contribution is -2.23. The molecule has 0 aliphatic heterocycles. The van der Waals surface area contributed by atoms with E-state index >= 15 is 0 Å². The minimum Gasteiger partial charge on any atom is -0.318 e. The van der Waals surface area contributed by atoms with Crippen molar-refractivity contribution >= 4 is 29.2 Å². The first-order valence-corrected chi connectivity index (χ1v) is 12.4. The molecule has 1 saturated carbocycles. The molecule has 0 spiro atoms. The molecular weight excluding hydrogens is 418 g/mol. The van der Waals surface area contributed by atoms with E-state index in [0.29, 0.717) is 23.6 Å². The second kappa shape index (κ2) is 12.0.